The monoisotopic (exact) mass is 412 g/mol. The molecule has 0 spiro atoms. The lowest BCUT2D eigenvalue weighted by Gasteiger charge is -2.20. The zero-order valence-electron chi connectivity index (χ0n) is 17.5. The molecule has 0 aliphatic heterocycles. The van der Waals surface area contributed by atoms with Crippen LogP contribution in [0.3, 0.4) is 0 Å². The number of para-hydroxylation sites is 2. The highest BCUT2D eigenvalue weighted by atomic mass is 16.5. The number of carbonyl (C=O) groups is 3. The Morgan fingerprint density at radius 2 is 1.53 bits per heavy atom. The van der Waals surface area contributed by atoms with Gasteiger partial charge in [-0.2, -0.15) is 0 Å². The van der Waals surface area contributed by atoms with Crippen molar-refractivity contribution in [3.8, 4) is 5.75 Å². The first kappa shape index (κ1) is 22.9. The van der Waals surface area contributed by atoms with Gasteiger partial charge in [0.2, 0.25) is 17.7 Å². The Morgan fingerprint density at radius 3 is 2.13 bits per heavy atom. The van der Waals surface area contributed by atoms with E-state index in [0.29, 0.717) is 35.9 Å². The molecule has 160 valence electrons. The van der Waals surface area contributed by atoms with E-state index in [1.165, 1.54) is 6.92 Å². The zero-order chi connectivity index (χ0) is 21.9. The maximum atomic E-state index is 12.3. The minimum Gasteiger partial charge on any atom is -0.495 e. The van der Waals surface area contributed by atoms with Crippen molar-refractivity contribution in [3.63, 3.8) is 0 Å². The van der Waals surface area contributed by atoms with Gasteiger partial charge in [0, 0.05) is 31.3 Å². The number of likely N-dealkylation sites (N-methyl/N-ethyl adjacent to an activating group) is 1. The fourth-order valence-electron chi connectivity index (χ4n) is 2.81. The fraction of sp³-hybridized carbons (Fsp3) is 0.318. The van der Waals surface area contributed by atoms with Crippen LogP contribution in [0.2, 0.25) is 0 Å². The smallest absolute Gasteiger partial charge is 0.238 e. The number of carbonyl (C=O) groups excluding carboxylic acids is 3. The number of nitrogens with one attached hydrogen (secondary N) is 3. The summed E-state index contributed by atoms with van der Waals surface area (Å²) < 4.78 is 5.23. The van der Waals surface area contributed by atoms with Crippen LogP contribution in [-0.2, 0) is 14.4 Å². The third-order valence-electron chi connectivity index (χ3n) is 4.34. The van der Waals surface area contributed by atoms with E-state index in [0.717, 1.165) is 0 Å². The molecule has 8 nitrogen and oxygen atoms in total. The minimum atomic E-state index is -0.172. The van der Waals surface area contributed by atoms with Crippen molar-refractivity contribution in [1.82, 2.24) is 4.90 Å². The minimum absolute atomic E-state index is 0.146. The number of ether oxygens (including phenoxy) is 1. The van der Waals surface area contributed by atoms with Crippen LogP contribution in [0.15, 0.2) is 48.5 Å². The summed E-state index contributed by atoms with van der Waals surface area (Å²) in [6, 6.07) is 14.1. The topological polar surface area (TPSA) is 99.8 Å². The van der Waals surface area contributed by atoms with Crippen LogP contribution in [0.25, 0.3) is 0 Å². The Bertz CT molecular complexity index is 868. The molecule has 2 aromatic carbocycles. The van der Waals surface area contributed by atoms with Gasteiger partial charge < -0.3 is 20.7 Å². The quantitative estimate of drug-likeness (QED) is 0.557. The Hall–Kier alpha value is -3.39. The van der Waals surface area contributed by atoms with Crippen molar-refractivity contribution in [1.29, 1.82) is 0 Å². The highest BCUT2D eigenvalue weighted by Gasteiger charge is 2.13. The number of hydrogen-bond acceptors (Lipinski definition) is 5. The lowest BCUT2D eigenvalue weighted by Crippen LogP contribution is -2.35. The molecule has 2 rings (SSSR count). The molecule has 0 saturated carbocycles. The molecule has 30 heavy (non-hydrogen) atoms. The predicted octanol–water partition coefficient (Wildman–Crippen LogP) is 2.94. The van der Waals surface area contributed by atoms with Gasteiger partial charge in [-0.3, -0.25) is 19.3 Å². The Kier molecular flexibility index (Phi) is 8.83. The van der Waals surface area contributed by atoms with Gasteiger partial charge in [0.15, 0.2) is 0 Å². The van der Waals surface area contributed by atoms with Crippen LogP contribution in [0.5, 0.6) is 5.75 Å². The molecule has 0 aromatic heterocycles. The molecule has 0 atom stereocenters. The summed E-state index contributed by atoms with van der Waals surface area (Å²) in [5, 5.41) is 8.32. The number of rotatable bonds is 10. The second kappa shape index (κ2) is 11.6. The number of methoxy groups -OCH3 is 1. The van der Waals surface area contributed by atoms with Gasteiger partial charge in [-0.25, -0.2) is 0 Å². The van der Waals surface area contributed by atoms with Crippen molar-refractivity contribution >= 4 is 34.8 Å². The molecule has 2 aromatic rings. The van der Waals surface area contributed by atoms with E-state index in [-0.39, 0.29) is 30.7 Å². The maximum Gasteiger partial charge on any atom is 0.238 e. The highest BCUT2D eigenvalue weighted by Crippen LogP contribution is 2.23. The average molecular weight is 412 g/mol. The summed E-state index contributed by atoms with van der Waals surface area (Å²) in [4.78, 5) is 37.5. The van der Waals surface area contributed by atoms with E-state index in [4.69, 9.17) is 4.74 Å². The highest BCUT2D eigenvalue weighted by molar-refractivity contribution is 5.94. The third-order valence-corrected chi connectivity index (χ3v) is 4.34. The van der Waals surface area contributed by atoms with Crippen molar-refractivity contribution in [2.45, 2.75) is 20.3 Å². The molecule has 3 amide bonds. The van der Waals surface area contributed by atoms with Crippen LogP contribution >= 0.6 is 0 Å². The lowest BCUT2D eigenvalue weighted by molar-refractivity contribution is -0.119. The van der Waals surface area contributed by atoms with Gasteiger partial charge in [0.05, 0.1) is 19.3 Å². The molecule has 0 unspecified atom stereocenters. The summed E-state index contributed by atoms with van der Waals surface area (Å²) in [6.07, 6.45) is 0.255. The van der Waals surface area contributed by atoms with Crippen molar-refractivity contribution in [3.05, 3.63) is 48.5 Å². The van der Waals surface area contributed by atoms with E-state index >= 15 is 0 Å². The van der Waals surface area contributed by atoms with Crippen LogP contribution in [-0.4, -0.2) is 49.4 Å². The summed E-state index contributed by atoms with van der Waals surface area (Å²) >= 11 is 0. The first-order valence-electron chi connectivity index (χ1n) is 9.74. The second-order valence-corrected chi connectivity index (χ2v) is 6.67. The molecule has 0 aliphatic carbocycles. The first-order valence-corrected chi connectivity index (χ1v) is 9.74. The molecule has 0 radical (unpaired) electrons. The number of hydrogen-bond donors (Lipinski definition) is 3. The molecule has 0 fully saturated rings. The standard InChI is InChI=1S/C22H28N4O4/c1-4-26(14-13-21(28)25-19-7-5-6-8-20(19)30-3)15-22(29)24-18-11-9-17(10-12-18)23-16(2)27/h5-12H,4,13-15H2,1-3H3,(H,23,27)(H,24,29)(H,25,28). The Morgan fingerprint density at radius 1 is 0.900 bits per heavy atom. The molecular weight excluding hydrogens is 384 g/mol. The Labute approximate surface area is 176 Å². The van der Waals surface area contributed by atoms with E-state index in [9.17, 15) is 14.4 Å². The van der Waals surface area contributed by atoms with Crippen LogP contribution in [0.4, 0.5) is 17.1 Å². The van der Waals surface area contributed by atoms with Crippen LogP contribution in [0, 0.1) is 0 Å². The molecular formula is C22H28N4O4. The molecule has 0 heterocycles. The summed E-state index contributed by atoms with van der Waals surface area (Å²) in [5.41, 5.74) is 1.92. The van der Waals surface area contributed by atoms with Crippen LogP contribution < -0.4 is 20.7 Å². The molecule has 0 aliphatic rings. The van der Waals surface area contributed by atoms with Crippen LogP contribution in [0.1, 0.15) is 20.3 Å². The van der Waals surface area contributed by atoms with Gasteiger partial charge in [0.1, 0.15) is 5.75 Å². The number of nitrogens with zero attached hydrogens (tertiary/aromatic N) is 1. The SMILES string of the molecule is CCN(CCC(=O)Nc1ccccc1OC)CC(=O)Nc1ccc(NC(C)=O)cc1. The number of amides is 3. The second-order valence-electron chi connectivity index (χ2n) is 6.67. The van der Waals surface area contributed by atoms with Gasteiger partial charge in [-0.1, -0.05) is 19.1 Å². The Balaban J connectivity index is 1.81. The molecule has 3 N–H and O–H groups in total. The summed E-state index contributed by atoms with van der Waals surface area (Å²) in [5.74, 6) is 0.128. The third kappa shape index (κ3) is 7.56. The molecule has 0 saturated heterocycles. The predicted molar refractivity (Wildman–Crippen MR) is 118 cm³/mol. The molecule has 0 bridgehead atoms. The van der Waals surface area contributed by atoms with Crippen molar-refractivity contribution < 1.29 is 19.1 Å². The van der Waals surface area contributed by atoms with E-state index in [1.54, 1.807) is 43.5 Å². The summed E-state index contributed by atoms with van der Waals surface area (Å²) in [6.45, 7) is 4.63. The largest absolute Gasteiger partial charge is 0.495 e. The molecule has 8 heteroatoms. The summed E-state index contributed by atoms with van der Waals surface area (Å²) in [7, 11) is 1.55. The van der Waals surface area contributed by atoms with E-state index in [2.05, 4.69) is 16.0 Å². The van der Waals surface area contributed by atoms with Gasteiger partial charge in [0.25, 0.3) is 0 Å². The number of anilines is 3. The van der Waals surface area contributed by atoms with Crippen molar-refractivity contribution in [2.24, 2.45) is 0 Å². The van der Waals surface area contributed by atoms with E-state index in [1.807, 2.05) is 24.0 Å². The normalized spacial score (nSPS) is 10.4. The van der Waals surface area contributed by atoms with E-state index < -0.39 is 0 Å². The van der Waals surface area contributed by atoms with Gasteiger partial charge in [-0.05, 0) is 42.9 Å². The zero-order valence-corrected chi connectivity index (χ0v) is 17.5. The van der Waals surface area contributed by atoms with Gasteiger partial charge >= 0.3 is 0 Å². The first-order chi connectivity index (χ1) is 14.4. The lowest BCUT2D eigenvalue weighted by atomic mass is 10.2. The van der Waals surface area contributed by atoms with Gasteiger partial charge in [-0.15, -0.1) is 0 Å². The average Bonchev–Trinajstić information content (AvgIpc) is 2.72. The van der Waals surface area contributed by atoms with Crippen molar-refractivity contribution in [2.75, 3.05) is 42.7 Å². The fourth-order valence-corrected chi connectivity index (χ4v) is 2.81. The maximum absolute atomic E-state index is 12.3. The number of benzene rings is 2.